The molecule has 2 rings (SSSR count). The van der Waals surface area contributed by atoms with Gasteiger partial charge in [-0.3, -0.25) is 0 Å². The molecule has 0 aliphatic carbocycles. The summed E-state index contributed by atoms with van der Waals surface area (Å²) in [6.45, 7) is 6.22. The highest BCUT2D eigenvalue weighted by molar-refractivity contribution is 6.31. The Bertz CT molecular complexity index is 615. The van der Waals surface area contributed by atoms with Crippen LogP contribution in [0.4, 0.5) is 11.4 Å². The van der Waals surface area contributed by atoms with Gasteiger partial charge in [-0.1, -0.05) is 23.7 Å². The summed E-state index contributed by atoms with van der Waals surface area (Å²) in [7, 11) is 2.06. The van der Waals surface area contributed by atoms with Gasteiger partial charge in [-0.05, 0) is 68.1 Å². The molecule has 0 aromatic heterocycles. The average Bonchev–Trinajstić information content (AvgIpc) is 2.38. The van der Waals surface area contributed by atoms with Gasteiger partial charge in [0.15, 0.2) is 0 Å². The molecule has 0 bridgehead atoms. The van der Waals surface area contributed by atoms with Crippen LogP contribution in [-0.4, -0.2) is 13.1 Å². The van der Waals surface area contributed by atoms with Crippen LogP contribution in [0.3, 0.4) is 0 Å². The zero-order valence-electron chi connectivity index (χ0n) is 13.2. The summed E-state index contributed by atoms with van der Waals surface area (Å²) in [5, 5.41) is 0.779. The molecule has 21 heavy (non-hydrogen) atoms. The smallest absolute Gasteiger partial charge is 0.0459 e. The van der Waals surface area contributed by atoms with E-state index in [2.05, 4.69) is 56.1 Å². The Morgan fingerprint density at radius 2 is 1.67 bits per heavy atom. The lowest BCUT2D eigenvalue weighted by Crippen LogP contribution is -2.18. The van der Waals surface area contributed by atoms with Gasteiger partial charge in [0.05, 0.1) is 0 Å². The highest BCUT2D eigenvalue weighted by atomic mass is 35.5. The van der Waals surface area contributed by atoms with E-state index in [-0.39, 0.29) is 6.04 Å². The van der Waals surface area contributed by atoms with Crippen LogP contribution in [0, 0.1) is 13.8 Å². The lowest BCUT2D eigenvalue weighted by Gasteiger charge is -2.22. The first-order valence-electron chi connectivity index (χ1n) is 7.23. The summed E-state index contributed by atoms with van der Waals surface area (Å²) >= 11 is 6.39. The van der Waals surface area contributed by atoms with Crippen LogP contribution >= 0.6 is 11.6 Å². The van der Waals surface area contributed by atoms with Crippen molar-refractivity contribution in [3.05, 3.63) is 58.1 Å². The second kappa shape index (κ2) is 6.50. The van der Waals surface area contributed by atoms with Gasteiger partial charge in [0.1, 0.15) is 0 Å². The number of nitrogens with two attached hydrogens (primary N) is 1. The zero-order valence-corrected chi connectivity index (χ0v) is 13.9. The van der Waals surface area contributed by atoms with E-state index in [4.69, 9.17) is 17.3 Å². The van der Waals surface area contributed by atoms with Gasteiger partial charge >= 0.3 is 0 Å². The van der Waals surface area contributed by atoms with Crippen molar-refractivity contribution in [3.63, 3.8) is 0 Å². The maximum absolute atomic E-state index is 6.39. The Kier molecular flexibility index (Phi) is 4.92. The number of anilines is 2. The topological polar surface area (TPSA) is 29.3 Å². The molecule has 0 aliphatic heterocycles. The Balaban J connectivity index is 2.31. The van der Waals surface area contributed by atoms with Crippen LogP contribution in [0.25, 0.3) is 0 Å². The molecule has 0 radical (unpaired) electrons. The van der Waals surface area contributed by atoms with Crippen LogP contribution in [0.15, 0.2) is 36.4 Å². The van der Waals surface area contributed by atoms with Crippen LogP contribution in [0.5, 0.6) is 0 Å². The molecule has 0 heterocycles. The lowest BCUT2D eigenvalue weighted by molar-refractivity contribution is 0.738. The number of hydrogen-bond acceptors (Lipinski definition) is 2. The maximum atomic E-state index is 6.39. The molecule has 0 aliphatic rings. The van der Waals surface area contributed by atoms with Gasteiger partial charge < -0.3 is 10.6 Å². The molecule has 2 aromatic rings. The molecule has 2 nitrogen and oxygen atoms in total. The average molecular weight is 303 g/mol. The van der Waals surface area contributed by atoms with Crippen molar-refractivity contribution < 1.29 is 0 Å². The normalized spacial score (nSPS) is 12.3. The van der Waals surface area contributed by atoms with Gasteiger partial charge in [0.25, 0.3) is 0 Å². The number of rotatable bonds is 4. The van der Waals surface area contributed by atoms with E-state index in [9.17, 15) is 0 Å². The van der Waals surface area contributed by atoms with Crippen LogP contribution in [-0.2, 0) is 6.42 Å². The van der Waals surface area contributed by atoms with Crippen molar-refractivity contribution in [2.24, 2.45) is 5.73 Å². The molecule has 0 fully saturated rings. The molecule has 0 saturated carbocycles. The molecule has 2 N–H and O–H groups in total. The quantitative estimate of drug-likeness (QED) is 0.893. The first-order chi connectivity index (χ1) is 9.86. The van der Waals surface area contributed by atoms with E-state index >= 15 is 0 Å². The molecule has 1 unspecified atom stereocenters. The number of halogens is 1. The summed E-state index contributed by atoms with van der Waals surface area (Å²) in [6, 6.07) is 12.8. The van der Waals surface area contributed by atoms with Gasteiger partial charge in [-0.2, -0.15) is 0 Å². The SMILES string of the molecule is Cc1cc(C)cc(N(C)c2ccc(CC(C)N)c(Cl)c2)c1. The lowest BCUT2D eigenvalue weighted by atomic mass is 10.1. The second-order valence-electron chi connectivity index (χ2n) is 5.86. The molecule has 0 spiro atoms. The van der Waals surface area contributed by atoms with Gasteiger partial charge in [0, 0.05) is 29.5 Å². The third-order valence-electron chi connectivity index (χ3n) is 3.56. The minimum Gasteiger partial charge on any atom is -0.345 e. The van der Waals surface area contributed by atoms with Crippen molar-refractivity contribution >= 4 is 23.0 Å². The van der Waals surface area contributed by atoms with Gasteiger partial charge in [-0.25, -0.2) is 0 Å². The number of hydrogen-bond donors (Lipinski definition) is 1. The molecule has 112 valence electrons. The highest BCUT2D eigenvalue weighted by Crippen LogP contribution is 2.29. The largest absolute Gasteiger partial charge is 0.345 e. The number of benzene rings is 2. The fourth-order valence-electron chi connectivity index (χ4n) is 2.55. The van der Waals surface area contributed by atoms with E-state index in [1.54, 1.807) is 0 Å². The Morgan fingerprint density at radius 3 is 2.19 bits per heavy atom. The van der Waals surface area contributed by atoms with Crippen molar-refractivity contribution in [1.82, 2.24) is 0 Å². The van der Waals surface area contributed by atoms with Crippen LogP contribution in [0.2, 0.25) is 5.02 Å². The predicted octanol–water partition coefficient (Wildman–Crippen LogP) is 4.61. The third-order valence-corrected chi connectivity index (χ3v) is 3.91. The molecular formula is C18H23ClN2. The molecule has 0 saturated heterocycles. The van der Waals surface area contributed by atoms with E-state index < -0.39 is 0 Å². The van der Waals surface area contributed by atoms with Crippen LogP contribution in [0.1, 0.15) is 23.6 Å². The minimum absolute atomic E-state index is 0.116. The first-order valence-corrected chi connectivity index (χ1v) is 7.60. The predicted molar refractivity (Wildman–Crippen MR) is 92.8 cm³/mol. The van der Waals surface area contributed by atoms with E-state index in [0.29, 0.717) is 0 Å². The van der Waals surface area contributed by atoms with E-state index in [1.807, 2.05) is 13.0 Å². The summed E-state index contributed by atoms with van der Waals surface area (Å²) in [4.78, 5) is 2.15. The molecule has 2 aromatic carbocycles. The highest BCUT2D eigenvalue weighted by Gasteiger charge is 2.09. The van der Waals surface area contributed by atoms with Crippen molar-refractivity contribution in [3.8, 4) is 0 Å². The van der Waals surface area contributed by atoms with E-state index in [1.165, 1.54) is 16.8 Å². The summed E-state index contributed by atoms with van der Waals surface area (Å²) in [6.07, 6.45) is 0.798. The molecule has 0 amide bonds. The summed E-state index contributed by atoms with van der Waals surface area (Å²) in [5.41, 5.74) is 11.7. The monoisotopic (exact) mass is 302 g/mol. The number of nitrogens with zero attached hydrogens (tertiary/aromatic N) is 1. The first kappa shape index (κ1) is 15.9. The molecular weight excluding hydrogens is 280 g/mol. The second-order valence-corrected chi connectivity index (χ2v) is 6.27. The zero-order chi connectivity index (χ0) is 15.6. The maximum Gasteiger partial charge on any atom is 0.0459 e. The standard InChI is InChI=1S/C18H23ClN2/c1-12-7-13(2)9-17(8-12)21(4)16-6-5-15(10-14(3)20)18(19)11-16/h5-9,11,14H,10,20H2,1-4H3. The van der Waals surface area contributed by atoms with E-state index in [0.717, 1.165) is 22.7 Å². The molecule has 3 heteroatoms. The minimum atomic E-state index is 0.116. The molecule has 1 atom stereocenters. The van der Waals surface area contributed by atoms with Gasteiger partial charge in [0.2, 0.25) is 0 Å². The fraction of sp³-hybridized carbons (Fsp3) is 0.333. The Morgan fingerprint density at radius 1 is 1.05 bits per heavy atom. The fourth-order valence-corrected chi connectivity index (χ4v) is 2.80. The Hall–Kier alpha value is -1.51. The Labute approximate surface area is 132 Å². The number of aryl methyl sites for hydroxylation is 2. The third kappa shape index (κ3) is 3.99. The summed E-state index contributed by atoms with van der Waals surface area (Å²) < 4.78 is 0. The van der Waals surface area contributed by atoms with Crippen molar-refractivity contribution in [1.29, 1.82) is 0 Å². The van der Waals surface area contributed by atoms with Crippen molar-refractivity contribution in [2.75, 3.05) is 11.9 Å². The van der Waals surface area contributed by atoms with Crippen LogP contribution < -0.4 is 10.6 Å². The summed E-state index contributed by atoms with van der Waals surface area (Å²) in [5.74, 6) is 0. The van der Waals surface area contributed by atoms with Crippen molar-refractivity contribution in [2.45, 2.75) is 33.2 Å². The van der Waals surface area contributed by atoms with Gasteiger partial charge in [-0.15, -0.1) is 0 Å².